The van der Waals surface area contributed by atoms with Crippen LogP contribution >= 0.6 is 0 Å². The first-order chi connectivity index (χ1) is 8.01. The van der Waals surface area contributed by atoms with Gasteiger partial charge in [0.25, 0.3) is 0 Å². The highest BCUT2D eigenvalue weighted by Crippen LogP contribution is 2.48. The SMILES string of the molecule is CCCCCCC(CC)CC1(O)OC1(O)CO. The molecule has 1 fully saturated rings. The van der Waals surface area contributed by atoms with E-state index in [9.17, 15) is 10.2 Å². The minimum Gasteiger partial charge on any atom is -0.391 e. The van der Waals surface area contributed by atoms with Gasteiger partial charge in [-0.1, -0.05) is 52.4 Å². The summed E-state index contributed by atoms with van der Waals surface area (Å²) in [5.41, 5.74) is 0. The van der Waals surface area contributed by atoms with Gasteiger partial charge in [0.2, 0.25) is 11.6 Å². The van der Waals surface area contributed by atoms with Crippen molar-refractivity contribution in [3.05, 3.63) is 0 Å². The average molecular weight is 246 g/mol. The molecule has 0 saturated carbocycles. The molecule has 0 aromatic carbocycles. The summed E-state index contributed by atoms with van der Waals surface area (Å²) in [6, 6.07) is 0. The molecule has 3 atom stereocenters. The Bertz CT molecular complexity index is 233. The van der Waals surface area contributed by atoms with Crippen LogP contribution in [0.2, 0.25) is 0 Å². The quantitative estimate of drug-likeness (QED) is 0.428. The first kappa shape index (κ1) is 14.9. The third kappa shape index (κ3) is 3.65. The molecule has 3 N–H and O–H groups in total. The number of rotatable bonds is 9. The highest BCUT2D eigenvalue weighted by Gasteiger charge is 2.69. The summed E-state index contributed by atoms with van der Waals surface area (Å²) in [5, 5.41) is 28.4. The lowest BCUT2D eigenvalue weighted by atomic mass is 9.91. The van der Waals surface area contributed by atoms with E-state index in [0.29, 0.717) is 12.3 Å². The Kier molecular flexibility index (Phi) is 5.38. The summed E-state index contributed by atoms with van der Waals surface area (Å²) in [6.07, 6.45) is 7.25. The van der Waals surface area contributed by atoms with Gasteiger partial charge < -0.3 is 20.1 Å². The fourth-order valence-corrected chi connectivity index (χ4v) is 2.31. The summed E-state index contributed by atoms with van der Waals surface area (Å²) in [6.45, 7) is 3.71. The van der Waals surface area contributed by atoms with Crippen molar-refractivity contribution in [3.63, 3.8) is 0 Å². The largest absolute Gasteiger partial charge is 0.391 e. The maximum Gasteiger partial charge on any atom is 0.247 e. The fraction of sp³-hybridized carbons (Fsp3) is 1.00. The summed E-state index contributed by atoms with van der Waals surface area (Å²) in [4.78, 5) is 0. The van der Waals surface area contributed by atoms with Gasteiger partial charge in [0.05, 0.1) is 0 Å². The third-order valence-electron chi connectivity index (χ3n) is 3.73. The maximum absolute atomic E-state index is 9.92. The zero-order valence-electron chi connectivity index (χ0n) is 11.0. The van der Waals surface area contributed by atoms with E-state index >= 15 is 0 Å². The van der Waals surface area contributed by atoms with E-state index in [-0.39, 0.29) is 0 Å². The van der Waals surface area contributed by atoms with E-state index in [1.54, 1.807) is 0 Å². The van der Waals surface area contributed by atoms with Crippen molar-refractivity contribution in [2.45, 2.75) is 70.4 Å². The van der Waals surface area contributed by atoms with Gasteiger partial charge in [0, 0.05) is 6.42 Å². The standard InChI is InChI=1S/C13H26O4/c1-3-5-6-7-8-11(4-2)9-12(15)13(16,10-14)17-12/h11,14-16H,3-10H2,1-2H3. The van der Waals surface area contributed by atoms with E-state index in [0.717, 1.165) is 19.3 Å². The molecular weight excluding hydrogens is 220 g/mol. The molecule has 1 rings (SSSR count). The number of hydrogen-bond acceptors (Lipinski definition) is 4. The number of ether oxygens (including phenoxy) is 1. The molecule has 1 saturated heterocycles. The molecule has 1 aliphatic heterocycles. The molecular formula is C13H26O4. The molecule has 102 valence electrons. The zero-order valence-corrected chi connectivity index (χ0v) is 11.0. The molecule has 3 unspecified atom stereocenters. The van der Waals surface area contributed by atoms with Crippen LogP contribution in [-0.2, 0) is 4.74 Å². The van der Waals surface area contributed by atoms with Crippen molar-refractivity contribution in [1.82, 2.24) is 0 Å². The van der Waals surface area contributed by atoms with Crippen LogP contribution in [0.15, 0.2) is 0 Å². The van der Waals surface area contributed by atoms with Gasteiger partial charge in [-0.25, -0.2) is 0 Å². The van der Waals surface area contributed by atoms with Crippen LogP contribution in [0.4, 0.5) is 0 Å². The van der Waals surface area contributed by atoms with Crippen molar-refractivity contribution in [2.24, 2.45) is 5.92 Å². The maximum atomic E-state index is 9.92. The van der Waals surface area contributed by atoms with Gasteiger partial charge in [-0.2, -0.15) is 0 Å². The Morgan fingerprint density at radius 3 is 2.24 bits per heavy atom. The molecule has 1 aliphatic rings. The Labute approximate surface area is 104 Å². The van der Waals surface area contributed by atoms with Gasteiger partial charge >= 0.3 is 0 Å². The molecule has 4 heteroatoms. The minimum absolute atomic E-state index is 0.345. The van der Waals surface area contributed by atoms with Gasteiger partial charge in [-0.15, -0.1) is 0 Å². The first-order valence-electron chi connectivity index (χ1n) is 6.77. The van der Waals surface area contributed by atoms with Crippen LogP contribution in [0.3, 0.4) is 0 Å². The predicted octanol–water partition coefficient (Wildman–Crippen LogP) is 1.77. The molecule has 0 amide bonds. The molecule has 4 nitrogen and oxygen atoms in total. The van der Waals surface area contributed by atoms with Crippen LogP contribution < -0.4 is 0 Å². The molecule has 0 aromatic heterocycles. The predicted molar refractivity (Wildman–Crippen MR) is 65.2 cm³/mol. The van der Waals surface area contributed by atoms with Gasteiger partial charge in [-0.05, 0) is 5.92 Å². The van der Waals surface area contributed by atoms with Crippen LogP contribution in [-0.4, -0.2) is 33.5 Å². The Morgan fingerprint density at radius 2 is 1.76 bits per heavy atom. The molecule has 0 bridgehead atoms. The lowest BCUT2D eigenvalue weighted by Gasteiger charge is -2.17. The van der Waals surface area contributed by atoms with Crippen molar-refractivity contribution >= 4 is 0 Å². The molecule has 0 aliphatic carbocycles. The van der Waals surface area contributed by atoms with Crippen molar-refractivity contribution in [1.29, 1.82) is 0 Å². The average Bonchev–Trinajstić information content (AvgIpc) is 2.86. The topological polar surface area (TPSA) is 73.2 Å². The van der Waals surface area contributed by atoms with Crippen molar-refractivity contribution in [2.75, 3.05) is 6.61 Å². The Morgan fingerprint density at radius 1 is 1.06 bits per heavy atom. The highest BCUT2D eigenvalue weighted by atomic mass is 16.8. The summed E-state index contributed by atoms with van der Waals surface area (Å²) in [7, 11) is 0. The summed E-state index contributed by atoms with van der Waals surface area (Å²) < 4.78 is 4.86. The second kappa shape index (κ2) is 6.14. The summed E-state index contributed by atoms with van der Waals surface area (Å²) >= 11 is 0. The molecule has 17 heavy (non-hydrogen) atoms. The number of unbranched alkanes of at least 4 members (excludes halogenated alkanes) is 3. The molecule has 0 radical (unpaired) electrons. The van der Waals surface area contributed by atoms with Crippen LogP contribution in [0.25, 0.3) is 0 Å². The van der Waals surface area contributed by atoms with E-state index in [2.05, 4.69) is 13.8 Å². The fourth-order valence-electron chi connectivity index (χ4n) is 2.31. The smallest absolute Gasteiger partial charge is 0.247 e. The van der Waals surface area contributed by atoms with Gasteiger partial charge in [0.15, 0.2) is 0 Å². The van der Waals surface area contributed by atoms with Crippen molar-refractivity contribution in [3.8, 4) is 0 Å². The Balaban J connectivity index is 2.28. The normalized spacial score (nSPS) is 33.7. The number of epoxide rings is 1. The highest BCUT2D eigenvalue weighted by molar-refractivity contribution is 5.00. The van der Waals surface area contributed by atoms with Crippen molar-refractivity contribution < 1.29 is 20.1 Å². The monoisotopic (exact) mass is 246 g/mol. The molecule has 0 aromatic rings. The Hall–Kier alpha value is -0.160. The number of aliphatic hydroxyl groups is 3. The molecule has 1 heterocycles. The number of hydrogen-bond donors (Lipinski definition) is 3. The first-order valence-corrected chi connectivity index (χ1v) is 6.77. The van der Waals surface area contributed by atoms with Gasteiger partial charge in [-0.3, -0.25) is 0 Å². The van der Waals surface area contributed by atoms with Crippen LogP contribution in [0.5, 0.6) is 0 Å². The molecule has 0 spiro atoms. The van der Waals surface area contributed by atoms with Gasteiger partial charge in [0.1, 0.15) is 6.61 Å². The zero-order chi connectivity index (χ0) is 12.9. The van der Waals surface area contributed by atoms with E-state index in [1.165, 1.54) is 19.3 Å². The van der Waals surface area contributed by atoms with E-state index < -0.39 is 18.2 Å². The third-order valence-corrected chi connectivity index (χ3v) is 3.73. The number of aliphatic hydroxyl groups excluding tert-OH is 1. The van der Waals surface area contributed by atoms with Crippen LogP contribution in [0.1, 0.15) is 58.8 Å². The lowest BCUT2D eigenvalue weighted by Crippen LogP contribution is -2.31. The second-order valence-corrected chi connectivity index (χ2v) is 5.16. The minimum atomic E-state index is -1.72. The lowest BCUT2D eigenvalue weighted by molar-refractivity contribution is -0.0282. The second-order valence-electron chi connectivity index (χ2n) is 5.16. The van der Waals surface area contributed by atoms with E-state index in [1.807, 2.05) is 0 Å². The van der Waals surface area contributed by atoms with Crippen LogP contribution in [0, 0.1) is 5.92 Å². The van der Waals surface area contributed by atoms with E-state index in [4.69, 9.17) is 9.84 Å². The summed E-state index contributed by atoms with van der Waals surface area (Å²) in [5.74, 6) is -2.89.